The molecule has 0 aliphatic rings. The Bertz CT molecular complexity index is 452. The summed E-state index contributed by atoms with van der Waals surface area (Å²) < 4.78 is 1.75. The first-order valence-electron chi connectivity index (χ1n) is 5.70. The van der Waals surface area contributed by atoms with Gasteiger partial charge in [0.15, 0.2) is 0 Å². The van der Waals surface area contributed by atoms with Gasteiger partial charge in [0.1, 0.15) is 0 Å². The van der Waals surface area contributed by atoms with Crippen molar-refractivity contribution < 1.29 is 15.0 Å². The topological polar surface area (TPSA) is 87.4 Å². The van der Waals surface area contributed by atoms with E-state index in [-0.39, 0.29) is 19.1 Å². The van der Waals surface area contributed by atoms with E-state index < -0.39 is 6.10 Å². The van der Waals surface area contributed by atoms with Gasteiger partial charge in [-0.25, -0.2) is 0 Å². The van der Waals surface area contributed by atoms with Crippen LogP contribution in [0.1, 0.15) is 17.0 Å². The second kappa shape index (κ2) is 6.32. The van der Waals surface area contributed by atoms with Crippen molar-refractivity contribution in [3.8, 4) is 0 Å². The van der Waals surface area contributed by atoms with Crippen LogP contribution in [0, 0.1) is 13.8 Å². The molecule has 0 saturated heterocycles. The second-order valence-electron chi connectivity index (χ2n) is 4.12. The second-order valence-corrected chi connectivity index (χ2v) is 4.12. The average molecular weight is 253 g/mol. The quantitative estimate of drug-likeness (QED) is 0.618. The summed E-state index contributed by atoms with van der Waals surface area (Å²) in [5, 5.41) is 24.4. The number of nitrogens with one attached hydrogen (secondary N) is 1. The molecule has 0 aromatic carbocycles. The molecule has 1 atom stereocenters. The number of rotatable bonds is 5. The number of nitrogens with zero attached hydrogens (tertiary/aromatic N) is 2. The molecule has 1 amide bonds. The summed E-state index contributed by atoms with van der Waals surface area (Å²) in [5.41, 5.74) is 2.75. The highest BCUT2D eigenvalue weighted by Crippen LogP contribution is 2.13. The van der Waals surface area contributed by atoms with Crippen LogP contribution in [0.5, 0.6) is 0 Å². The molecule has 18 heavy (non-hydrogen) atoms. The third-order valence-electron chi connectivity index (χ3n) is 2.69. The first-order chi connectivity index (χ1) is 8.45. The molecule has 3 N–H and O–H groups in total. The molecule has 1 heterocycles. The van der Waals surface area contributed by atoms with Gasteiger partial charge in [0.2, 0.25) is 5.91 Å². The molecular weight excluding hydrogens is 234 g/mol. The van der Waals surface area contributed by atoms with Crippen LogP contribution < -0.4 is 5.32 Å². The molecule has 0 aliphatic heterocycles. The van der Waals surface area contributed by atoms with Crippen molar-refractivity contribution >= 4 is 12.0 Å². The van der Waals surface area contributed by atoms with E-state index in [9.17, 15) is 4.79 Å². The number of amides is 1. The van der Waals surface area contributed by atoms with E-state index in [4.69, 9.17) is 10.2 Å². The number of aromatic nitrogens is 2. The molecule has 100 valence electrons. The zero-order valence-electron chi connectivity index (χ0n) is 10.8. The van der Waals surface area contributed by atoms with Gasteiger partial charge in [-0.3, -0.25) is 9.48 Å². The fourth-order valence-electron chi connectivity index (χ4n) is 1.53. The molecule has 0 saturated carbocycles. The van der Waals surface area contributed by atoms with Crippen molar-refractivity contribution in [1.82, 2.24) is 15.1 Å². The highest BCUT2D eigenvalue weighted by atomic mass is 16.3. The Morgan fingerprint density at radius 2 is 2.22 bits per heavy atom. The van der Waals surface area contributed by atoms with Gasteiger partial charge >= 0.3 is 0 Å². The zero-order chi connectivity index (χ0) is 13.7. The zero-order valence-corrected chi connectivity index (χ0v) is 10.8. The van der Waals surface area contributed by atoms with Crippen LogP contribution in [-0.4, -0.2) is 45.2 Å². The molecule has 1 rings (SSSR count). The molecule has 1 aromatic heterocycles. The first kappa shape index (κ1) is 14.4. The van der Waals surface area contributed by atoms with Crippen LogP contribution in [0.25, 0.3) is 6.08 Å². The Kier molecular flexibility index (Phi) is 5.06. The van der Waals surface area contributed by atoms with Crippen LogP contribution in [-0.2, 0) is 11.8 Å². The number of aliphatic hydroxyl groups is 2. The standard InChI is InChI=1S/C12H19N3O3/c1-8-11(9(2)15(3)14-8)4-5-12(18)13-6-10(17)7-16/h4-5,10,16-17H,6-7H2,1-3H3,(H,13,18). The highest BCUT2D eigenvalue weighted by Gasteiger charge is 2.07. The van der Waals surface area contributed by atoms with E-state index in [1.807, 2.05) is 20.9 Å². The summed E-state index contributed by atoms with van der Waals surface area (Å²) >= 11 is 0. The van der Waals surface area contributed by atoms with Gasteiger partial charge < -0.3 is 15.5 Å². The molecule has 1 unspecified atom stereocenters. The van der Waals surface area contributed by atoms with Gasteiger partial charge in [-0.05, 0) is 19.9 Å². The SMILES string of the molecule is Cc1nn(C)c(C)c1C=CC(=O)NCC(O)CO. The van der Waals surface area contributed by atoms with E-state index >= 15 is 0 Å². The van der Waals surface area contributed by atoms with Crippen LogP contribution in [0.15, 0.2) is 6.08 Å². The maximum absolute atomic E-state index is 11.4. The monoisotopic (exact) mass is 253 g/mol. The molecule has 6 heteroatoms. The number of carbonyl (C=O) groups is 1. The predicted octanol–water partition coefficient (Wildman–Crippen LogP) is -0.480. The summed E-state index contributed by atoms with van der Waals surface area (Å²) in [5.74, 6) is -0.315. The third kappa shape index (κ3) is 3.68. The minimum atomic E-state index is -0.927. The molecule has 6 nitrogen and oxygen atoms in total. The smallest absolute Gasteiger partial charge is 0.244 e. The van der Waals surface area contributed by atoms with Gasteiger partial charge in [-0.1, -0.05) is 0 Å². The molecule has 0 bridgehead atoms. The highest BCUT2D eigenvalue weighted by molar-refractivity contribution is 5.92. The van der Waals surface area contributed by atoms with E-state index in [1.54, 1.807) is 10.8 Å². The van der Waals surface area contributed by atoms with Crippen LogP contribution in [0.3, 0.4) is 0 Å². The molecular formula is C12H19N3O3. The fourth-order valence-corrected chi connectivity index (χ4v) is 1.53. The Hall–Kier alpha value is -1.66. The van der Waals surface area contributed by atoms with Crippen molar-refractivity contribution in [2.75, 3.05) is 13.2 Å². The maximum atomic E-state index is 11.4. The van der Waals surface area contributed by atoms with E-state index in [0.717, 1.165) is 17.0 Å². The lowest BCUT2D eigenvalue weighted by Crippen LogP contribution is -2.32. The average Bonchev–Trinajstić information content (AvgIpc) is 2.58. The molecule has 1 aromatic rings. The molecule has 0 aliphatic carbocycles. The van der Waals surface area contributed by atoms with Crippen molar-refractivity contribution in [3.63, 3.8) is 0 Å². The summed E-state index contributed by atoms with van der Waals surface area (Å²) in [6.07, 6.45) is 2.16. The number of carbonyl (C=O) groups excluding carboxylic acids is 1. The number of hydrogen-bond donors (Lipinski definition) is 3. The van der Waals surface area contributed by atoms with Gasteiger partial charge in [0, 0.05) is 30.9 Å². The summed E-state index contributed by atoms with van der Waals surface area (Å²) in [7, 11) is 1.84. The Balaban J connectivity index is 2.61. The minimum Gasteiger partial charge on any atom is -0.394 e. The fraction of sp³-hybridized carbons (Fsp3) is 0.500. The Morgan fingerprint density at radius 3 is 2.72 bits per heavy atom. The number of aliphatic hydroxyl groups excluding tert-OH is 2. The Morgan fingerprint density at radius 1 is 1.56 bits per heavy atom. The van der Waals surface area contributed by atoms with Crippen molar-refractivity contribution in [1.29, 1.82) is 0 Å². The van der Waals surface area contributed by atoms with Crippen LogP contribution >= 0.6 is 0 Å². The lowest BCUT2D eigenvalue weighted by molar-refractivity contribution is -0.117. The summed E-state index contributed by atoms with van der Waals surface area (Å²) in [4.78, 5) is 11.4. The van der Waals surface area contributed by atoms with Gasteiger partial charge in [-0.2, -0.15) is 5.10 Å². The lowest BCUT2D eigenvalue weighted by atomic mass is 10.2. The van der Waals surface area contributed by atoms with E-state index in [2.05, 4.69) is 10.4 Å². The molecule has 0 spiro atoms. The summed E-state index contributed by atoms with van der Waals surface area (Å²) in [6.45, 7) is 3.46. The predicted molar refractivity (Wildman–Crippen MR) is 67.8 cm³/mol. The molecule has 0 radical (unpaired) electrons. The van der Waals surface area contributed by atoms with Crippen LogP contribution in [0.4, 0.5) is 0 Å². The van der Waals surface area contributed by atoms with E-state index in [0.29, 0.717) is 0 Å². The largest absolute Gasteiger partial charge is 0.394 e. The van der Waals surface area contributed by atoms with Gasteiger partial charge in [0.05, 0.1) is 18.4 Å². The molecule has 0 fully saturated rings. The van der Waals surface area contributed by atoms with Crippen molar-refractivity contribution in [2.45, 2.75) is 20.0 Å². The summed E-state index contributed by atoms with van der Waals surface area (Å²) in [6, 6.07) is 0. The maximum Gasteiger partial charge on any atom is 0.244 e. The lowest BCUT2D eigenvalue weighted by Gasteiger charge is -2.06. The minimum absolute atomic E-state index is 0.0324. The van der Waals surface area contributed by atoms with Crippen LogP contribution in [0.2, 0.25) is 0 Å². The van der Waals surface area contributed by atoms with Crippen molar-refractivity contribution in [3.05, 3.63) is 23.0 Å². The van der Waals surface area contributed by atoms with Gasteiger partial charge in [0.25, 0.3) is 0 Å². The Labute approximate surface area is 106 Å². The van der Waals surface area contributed by atoms with Crippen molar-refractivity contribution in [2.24, 2.45) is 7.05 Å². The van der Waals surface area contributed by atoms with E-state index in [1.165, 1.54) is 6.08 Å². The van der Waals surface area contributed by atoms with Gasteiger partial charge in [-0.15, -0.1) is 0 Å². The number of aryl methyl sites for hydroxylation is 2. The number of hydrogen-bond acceptors (Lipinski definition) is 4. The third-order valence-corrected chi connectivity index (χ3v) is 2.69. The normalized spacial score (nSPS) is 12.9. The first-order valence-corrected chi connectivity index (χ1v) is 5.70.